The summed E-state index contributed by atoms with van der Waals surface area (Å²) in [5, 5.41) is 2.00. The van der Waals surface area contributed by atoms with Gasteiger partial charge in [0.1, 0.15) is 0 Å². The number of carbonyl (C=O) groups excluding carboxylic acids is 2. The summed E-state index contributed by atoms with van der Waals surface area (Å²) in [5.41, 5.74) is -0.533. The third kappa shape index (κ3) is 3.13. The first kappa shape index (κ1) is 16.8. The molecule has 4 heterocycles. The highest BCUT2D eigenvalue weighted by Gasteiger charge is 2.55. The van der Waals surface area contributed by atoms with Crippen LogP contribution in [0.5, 0.6) is 0 Å². The number of carbonyl (C=O) groups is 2. The minimum atomic E-state index is -0.533. The Hall–Kier alpha value is -1.66. The number of rotatable bonds is 3. The molecule has 0 N–H and O–H groups in total. The second-order valence-corrected chi connectivity index (χ2v) is 8.14. The normalized spacial score (nSPS) is 29.4. The number of piperidine rings is 1. The molecule has 5 nitrogen and oxygen atoms in total. The van der Waals surface area contributed by atoms with Gasteiger partial charge in [-0.1, -0.05) is 6.07 Å². The van der Waals surface area contributed by atoms with E-state index < -0.39 is 5.41 Å². The highest BCUT2D eigenvalue weighted by Crippen LogP contribution is 2.43. The largest absolute Gasteiger partial charge is 0.377 e. The van der Waals surface area contributed by atoms with E-state index in [-0.39, 0.29) is 17.9 Å². The van der Waals surface area contributed by atoms with Gasteiger partial charge in [-0.15, -0.1) is 11.3 Å². The van der Waals surface area contributed by atoms with Crippen molar-refractivity contribution in [3.8, 4) is 0 Å². The van der Waals surface area contributed by atoms with Gasteiger partial charge in [-0.05, 0) is 43.2 Å². The Morgan fingerprint density at radius 2 is 2.08 bits per heavy atom. The zero-order chi connectivity index (χ0) is 17.3. The Morgan fingerprint density at radius 3 is 2.84 bits per heavy atom. The standard InChI is InChI=1S/C19H24N2O3S/c22-17(6-5-15-4-3-13-25-15)21-11-7-16-19(14-21,8-12-24-16)18(23)20-9-1-2-10-20/h3-6,13,16H,1-2,7-12,14H2/b6-5+/t16-,19-/m1/s1. The lowest BCUT2D eigenvalue weighted by atomic mass is 9.75. The lowest BCUT2D eigenvalue weighted by Crippen LogP contribution is -2.58. The lowest BCUT2D eigenvalue weighted by molar-refractivity contribution is -0.152. The summed E-state index contributed by atoms with van der Waals surface area (Å²) >= 11 is 1.61. The molecular formula is C19H24N2O3S. The van der Waals surface area contributed by atoms with Crippen molar-refractivity contribution in [2.75, 3.05) is 32.8 Å². The van der Waals surface area contributed by atoms with Crippen molar-refractivity contribution < 1.29 is 14.3 Å². The maximum absolute atomic E-state index is 13.2. The van der Waals surface area contributed by atoms with Gasteiger partial charge < -0.3 is 14.5 Å². The summed E-state index contributed by atoms with van der Waals surface area (Å²) in [6.07, 6.45) is 7.10. The van der Waals surface area contributed by atoms with E-state index in [0.29, 0.717) is 19.7 Å². The molecule has 134 valence electrons. The van der Waals surface area contributed by atoms with Crippen LogP contribution < -0.4 is 0 Å². The van der Waals surface area contributed by atoms with Gasteiger partial charge >= 0.3 is 0 Å². The molecule has 0 bridgehead atoms. The van der Waals surface area contributed by atoms with E-state index in [4.69, 9.17) is 4.74 Å². The van der Waals surface area contributed by atoms with E-state index in [1.165, 1.54) is 0 Å². The number of thiophene rings is 1. The van der Waals surface area contributed by atoms with Crippen LogP contribution in [0, 0.1) is 5.41 Å². The van der Waals surface area contributed by atoms with Gasteiger partial charge in [-0.25, -0.2) is 0 Å². The highest BCUT2D eigenvalue weighted by molar-refractivity contribution is 7.10. The average molecular weight is 360 g/mol. The molecule has 0 aliphatic carbocycles. The number of hydrogen-bond donors (Lipinski definition) is 0. The Morgan fingerprint density at radius 1 is 1.24 bits per heavy atom. The molecule has 0 radical (unpaired) electrons. The van der Waals surface area contributed by atoms with Crippen LogP contribution in [0.3, 0.4) is 0 Å². The van der Waals surface area contributed by atoms with Crippen molar-refractivity contribution in [1.82, 2.24) is 9.80 Å². The molecule has 2 amide bonds. The van der Waals surface area contributed by atoms with E-state index in [1.807, 2.05) is 33.4 Å². The minimum Gasteiger partial charge on any atom is -0.377 e. The van der Waals surface area contributed by atoms with Crippen LogP contribution in [0.15, 0.2) is 23.6 Å². The summed E-state index contributed by atoms with van der Waals surface area (Å²) in [6.45, 7) is 3.46. The summed E-state index contributed by atoms with van der Waals surface area (Å²) in [7, 11) is 0. The average Bonchev–Trinajstić information content (AvgIpc) is 3.40. The number of fused-ring (bicyclic) bond motifs is 1. The molecule has 0 aromatic carbocycles. The van der Waals surface area contributed by atoms with Crippen molar-refractivity contribution >= 4 is 29.2 Å². The first-order valence-electron chi connectivity index (χ1n) is 9.10. The molecular weight excluding hydrogens is 336 g/mol. The predicted molar refractivity (Wildman–Crippen MR) is 97.2 cm³/mol. The number of nitrogens with zero attached hydrogens (tertiary/aromatic N) is 2. The molecule has 3 saturated heterocycles. The smallest absolute Gasteiger partial charge is 0.246 e. The first-order valence-corrected chi connectivity index (χ1v) is 9.98. The molecule has 0 spiro atoms. The second-order valence-electron chi connectivity index (χ2n) is 7.16. The number of likely N-dealkylation sites (tertiary alicyclic amines) is 2. The van der Waals surface area contributed by atoms with Crippen LogP contribution in [-0.4, -0.2) is 60.5 Å². The van der Waals surface area contributed by atoms with Crippen LogP contribution in [0.2, 0.25) is 0 Å². The van der Waals surface area contributed by atoms with E-state index in [0.717, 1.165) is 43.6 Å². The summed E-state index contributed by atoms with van der Waals surface area (Å²) in [4.78, 5) is 30.7. The molecule has 1 aromatic rings. The Labute approximate surface area is 152 Å². The zero-order valence-electron chi connectivity index (χ0n) is 14.4. The summed E-state index contributed by atoms with van der Waals surface area (Å²) in [6, 6.07) is 3.96. The molecule has 2 atom stereocenters. The highest BCUT2D eigenvalue weighted by atomic mass is 32.1. The quantitative estimate of drug-likeness (QED) is 0.778. The van der Waals surface area contributed by atoms with Gasteiger partial charge in [-0.3, -0.25) is 9.59 Å². The number of ether oxygens (including phenoxy) is 1. The maximum Gasteiger partial charge on any atom is 0.246 e. The molecule has 3 aliphatic rings. The van der Waals surface area contributed by atoms with Crippen LogP contribution in [0.1, 0.15) is 30.6 Å². The van der Waals surface area contributed by atoms with Crippen molar-refractivity contribution in [2.45, 2.75) is 31.8 Å². The van der Waals surface area contributed by atoms with Gasteiger partial charge in [0.15, 0.2) is 0 Å². The molecule has 3 fully saturated rings. The van der Waals surface area contributed by atoms with Crippen molar-refractivity contribution in [1.29, 1.82) is 0 Å². The number of amides is 2. The fourth-order valence-corrected chi connectivity index (χ4v) is 4.94. The first-order chi connectivity index (χ1) is 12.2. The Balaban J connectivity index is 1.50. The second kappa shape index (κ2) is 6.92. The minimum absolute atomic E-state index is 0.00709. The summed E-state index contributed by atoms with van der Waals surface area (Å²) in [5.74, 6) is 0.194. The van der Waals surface area contributed by atoms with Gasteiger partial charge in [-0.2, -0.15) is 0 Å². The van der Waals surface area contributed by atoms with Gasteiger partial charge in [0.05, 0.1) is 11.5 Å². The van der Waals surface area contributed by atoms with Gasteiger partial charge in [0.2, 0.25) is 11.8 Å². The van der Waals surface area contributed by atoms with Crippen molar-refractivity contribution in [2.24, 2.45) is 5.41 Å². The Bertz CT molecular complexity index is 666. The van der Waals surface area contributed by atoms with E-state index in [1.54, 1.807) is 17.4 Å². The van der Waals surface area contributed by atoms with Crippen LogP contribution in [0.4, 0.5) is 0 Å². The fourth-order valence-electron chi connectivity index (χ4n) is 4.32. The molecule has 6 heteroatoms. The zero-order valence-corrected chi connectivity index (χ0v) is 15.2. The van der Waals surface area contributed by atoms with Crippen molar-refractivity contribution in [3.05, 3.63) is 28.5 Å². The molecule has 0 unspecified atom stereocenters. The van der Waals surface area contributed by atoms with E-state index in [2.05, 4.69) is 0 Å². The fraction of sp³-hybridized carbons (Fsp3) is 0.579. The monoisotopic (exact) mass is 360 g/mol. The van der Waals surface area contributed by atoms with Crippen molar-refractivity contribution in [3.63, 3.8) is 0 Å². The molecule has 1 aromatic heterocycles. The molecule has 3 aliphatic heterocycles. The van der Waals surface area contributed by atoms with E-state index in [9.17, 15) is 9.59 Å². The van der Waals surface area contributed by atoms with Gasteiger partial charge in [0.25, 0.3) is 0 Å². The van der Waals surface area contributed by atoms with Crippen LogP contribution in [-0.2, 0) is 14.3 Å². The molecule has 25 heavy (non-hydrogen) atoms. The Kier molecular flexibility index (Phi) is 4.65. The third-order valence-electron chi connectivity index (χ3n) is 5.68. The van der Waals surface area contributed by atoms with E-state index >= 15 is 0 Å². The lowest BCUT2D eigenvalue weighted by Gasteiger charge is -2.43. The van der Waals surface area contributed by atoms with Crippen LogP contribution in [0.25, 0.3) is 6.08 Å². The summed E-state index contributed by atoms with van der Waals surface area (Å²) < 4.78 is 5.89. The number of hydrogen-bond acceptors (Lipinski definition) is 4. The molecule has 4 rings (SSSR count). The third-order valence-corrected chi connectivity index (χ3v) is 6.52. The SMILES string of the molecule is O=C(/C=C/c1cccs1)N1CC[C@H]2OCC[C@@]2(C(=O)N2CCCC2)C1. The molecule has 0 saturated carbocycles. The van der Waals surface area contributed by atoms with Gasteiger partial charge in [0, 0.05) is 43.7 Å². The van der Waals surface area contributed by atoms with Crippen LogP contribution >= 0.6 is 11.3 Å². The predicted octanol–water partition coefficient (Wildman–Crippen LogP) is 2.39. The topological polar surface area (TPSA) is 49.9 Å². The maximum atomic E-state index is 13.2.